The highest BCUT2D eigenvalue weighted by Gasteiger charge is 2.33. The number of hydrogen-bond acceptors (Lipinski definition) is 7. The van der Waals surface area contributed by atoms with E-state index in [1.807, 2.05) is 0 Å². The van der Waals surface area contributed by atoms with Crippen molar-refractivity contribution in [3.05, 3.63) is 12.4 Å². The predicted molar refractivity (Wildman–Crippen MR) is 78.1 cm³/mol. The second-order valence-corrected chi connectivity index (χ2v) is 7.29. The minimum Gasteiger partial charge on any atom is -0.384 e. The van der Waals surface area contributed by atoms with Gasteiger partial charge >= 0.3 is 0 Å². The van der Waals surface area contributed by atoms with Crippen LogP contribution in [0.25, 0.3) is 0 Å². The average molecular weight is 315 g/mol. The lowest BCUT2D eigenvalue weighted by Gasteiger charge is -2.17. The third-order valence-corrected chi connectivity index (χ3v) is 4.65. The lowest BCUT2D eigenvalue weighted by molar-refractivity contribution is 0.0937. The van der Waals surface area contributed by atoms with Crippen LogP contribution in [0, 0.1) is 11.8 Å². The van der Waals surface area contributed by atoms with E-state index >= 15 is 0 Å². The number of rotatable bonds is 6. The van der Waals surface area contributed by atoms with Crippen LogP contribution in [0.1, 0.15) is 0 Å². The van der Waals surface area contributed by atoms with Crippen molar-refractivity contribution in [3.63, 3.8) is 0 Å². The van der Waals surface area contributed by atoms with Crippen LogP contribution in [-0.2, 0) is 19.3 Å². The second-order valence-electron chi connectivity index (χ2n) is 5.32. The first-order valence-electron chi connectivity index (χ1n) is 6.70. The Kier molecular flexibility index (Phi) is 5.13. The zero-order chi connectivity index (χ0) is 15.5. The second kappa shape index (κ2) is 6.67. The topological polar surface area (TPSA) is 81.6 Å². The van der Waals surface area contributed by atoms with Crippen LogP contribution < -0.4 is 4.90 Å². The molecule has 0 spiro atoms. The highest BCUT2D eigenvalue weighted by molar-refractivity contribution is 7.90. The lowest BCUT2D eigenvalue weighted by atomic mass is 9.98. The van der Waals surface area contributed by atoms with Crippen LogP contribution >= 0.6 is 0 Å². The number of anilines is 1. The molecule has 1 saturated heterocycles. The summed E-state index contributed by atoms with van der Waals surface area (Å²) in [6, 6.07) is 1.52. The molecule has 7 nitrogen and oxygen atoms in total. The highest BCUT2D eigenvalue weighted by Crippen LogP contribution is 2.28. The van der Waals surface area contributed by atoms with Crippen molar-refractivity contribution in [1.82, 2.24) is 9.97 Å². The zero-order valence-electron chi connectivity index (χ0n) is 12.5. The molecular weight excluding hydrogens is 294 g/mol. The highest BCUT2D eigenvalue weighted by atomic mass is 32.2. The first-order valence-corrected chi connectivity index (χ1v) is 8.59. The van der Waals surface area contributed by atoms with Crippen molar-refractivity contribution < 1.29 is 17.9 Å². The van der Waals surface area contributed by atoms with Crippen LogP contribution in [0.5, 0.6) is 0 Å². The Bertz CT molecular complexity index is 565. The fraction of sp³-hybridized carbons (Fsp3) is 0.692. The van der Waals surface area contributed by atoms with E-state index in [2.05, 4.69) is 14.9 Å². The summed E-state index contributed by atoms with van der Waals surface area (Å²) in [6.07, 6.45) is 2.44. The normalized spacial score (nSPS) is 22.7. The summed E-state index contributed by atoms with van der Waals surface area (Å²) in [6.45, 7) is 2.83. The maximum atomic E-state index is 11.6. The average Bonchev–Trinajstić information content (AvgIpc) is 2.82. The van der Waals surface area contributed by atoms with Gasteiger partial charge in [-0.3, -0.25) is 0 Å². The van der Waals surface area contributed by atoms with Gasteiger partial charge in [0.05, 0.1) is 13.2 Å². The van der Waals surface area contributed by atoms with E-state index in [0.29, 0.717) is 30.9 Å². The van der Waals surface area contributed by atoms with Gasteiger partial charge in [0.2, 0.25) is 0 Å². The first kappa shape index (κ1) is 16.1. The number of nitrogens with zero attached hydrogens (tertiary/aromatic N) is 3. The van der Waals surface area contributed by atoms with Gasteiger partial charge in [-0.05, 0) is 0 Å². The molecule has 8 heteroatoms. The van der Waals surface area contributed by atoms with Crippen molar-refractivity contribution in [3.8, 4) is 0 Å². The molecule has 21 heavy (non-hydrogen) atoms. The molecule has 0 aromatic carbocycles. The lowest BCUT2D eigenvalue weighted by Crippen LogP contribution is -2.22. The van der Waals surface area contributed by atoms with Gasteiger partial charge in [-0.1, -0.05) is 0 Å². The van der Waals surface area contributed by atoms with Gasteiger partial charge in [-0.2, -0.15) is 0 Å². The fourth-order valence-electron chi connectivity index (χ4n) is 2.64. The Morgan fingerprint density at radius 3 is 2.24 bits per heavy atom. The van der Waals surface area contributed by atoms with Crippen LogP contribution in [0.3, 0.4) is 0 Å². The number of methoxy groups -OCH3 is 2. The summed E-state index contributed by atoms with van der Waals surface area (Å²) in [5, 5.41) is 0.0472. The maximum Gasteiger partial charge on any atom is 0.192 e. The molecule has 1 aliphatic rings. The van der Waals surface area contributed by atoms with Crippen molar-refractivity contribution >= 4 is 15.7 Å². The molecule has 2 atom stereocenters. The van der Waals surface area contributed by atoms with E-state index in [1.165, 1.54) is 12.4 Å². The predicted octanol–water partition coefficient (Wildman–Crippen LogP) is 0.225. The van der Waals surface area contributed by atoms with Crippen molar-refractivity contribution in [2.45, 2.75) is 5.03 Å². The number of hydrogen-bond donors (Lipinski definition) is 0. The summed E-state index contributed by atoms with van der Waals surface area (Å²) in [5.74, 6) is 1.31. The Hall–Kier alpha value is -1.25. The van der Waals surface area contributed by atoms with Gasteiger partial charge in [-0.15, -0.1) is 0 Å². The molecule has 0 saturated carbocycles. The Balaban J connectivity index is 2.19. The smallest absolute Gasteiger partial charge is 0.192 e. The quantitative estimate of drug-likeness (QED) is 0.695. The van der Waals surface area contributed by atoms with Crippen LogP contribution in [0.15, 0.2) is 17.4 Å². The summed E-state index contributed by atoms with van der Waals surface area (Å²) in [7, 11) is 0.0295. The number of ether oxygens (including phenoxy) is 2. The molecule has 2 rings (SSSR count). The minimum atomic E-state index is -3.33. The summed E-state index contributed by atoms with van der Waals surface area (Å²) >= 11 is 0. The fourth-order valence-corrected chi connectivity index (χ4v) is 3.20. The van der Waals surface area contributed by atoms with Crippen molar-refractivity contribution in [1.29, 1.82) is 0 Å². The molecular formula is C13H21N3O4S. The molecule has 118 valence electrons. The molecule has 0 bridgehead atoms. The first-order chi connectivity index (χ1) is 9.95. The summed E-state index contributed by atoms with van der Waals surface area (Å²) in [4.78, 5) is 10.1. The minimum absolute atomic E-state index is 0.0472. The summed E-state index contributed by atoms with van der Waals surface area (Å²) < 4.78 is 33.7. The van der Waals surface area contributed by atoms with Crippen LogP contribution in [0.4, 0.5) is 5.82 Å². The molecule has 0 radical (unpaired) electrons. The van der Waals surface area contributed by atoms with Gasteiger partial charge in [0, 0.05) is 51.5 Å². The van der Waals surface area contributed by atoms with Gasteiger partial charge in [0.1, 0.15) is 12.1 Å². The van der Waals surface area contributed by atoms with Gasteiger partial charge in [-0.25, -0.2) is 18.4 Å². The van der Waals surface area contributed by atoms with E-state index < -0.39 is 9.84 Å². The largest absolute Gasteiger partial charge is 0.384 e. The molecule has 0 unspecified atom stereocenters. The number of sulfone groups is 1. The molecule has 1 aliphatic heterocycles. The van der Waals surface area contributed by atoms with Crippen molar-refractivity contribution in [2.75, 3.05) is 51.7 Å². The molecule has 0 N–H and O–H groups in total. The molecule has 0 aliphatic carbocycles. The van der Waals surface area contributed by atoms with E-state index in [9.17, 15) is 8.42 Å². The standard InChI is InChI=1S/C13H21N3O4S/c1-19-7-10-5-16(6-11(10)8-20-2)12-4-13(15-9-14-12)21(3,17)18/h4,9-11H,5-8H2,1-3H3/t10-,11+. The van der Waals surface area contributed by atoms with E-state index in [1.54, 1.807) is 14.2 Å². The molecule has 1 aromatic rings. The number of aromatic nitrogens is 2. The van der Waals surface area contributed by atoms with Gasteiger partial charge in [0.15, 0.2) is 14.9 Å². The molecule has 2 heterocycles. The third kappa shape index (κ3) is 3.90. The van der Waals surface area contributed by atoms with Crippen molar-refractivity contribution in [2.24, 2.45) is 11.8 Å². The van der Waals surface area contributed by atoms with Gasteiger partial charge < -0.3 is 14.4 Å². The molecule has 0 amide bonds. The maximum absolute atomic E-state index is 11.6. The van der Waals surface area contributed by atoms with Crippen LogP contribution in [-0.4, -0.2) is 65.2 Å². The third-order valence-electron chi connectivity index (χ3n) is 3.67. The Morgan fingerprint density at radius 1 is 1.19 bits per heavy atom. The van der Waals surface area contributed by atoms with E-state index in [-0.39, 0.29) is 5.03 Å². The van der Waals surface area contributed by atoms with Gasteiger partial charge in [0.25, 0.3) is 0 Å². The van der Waals surface area contributed by atoms with Crippen LogP contribution in [0.2, 0.25) is 0 Å². The Labute approximate surface area is 125 Å². The van der Waals surface area contributed by atoms with E-state index in [4.69, 9.17) is 9.47 Å². The molecule has 1 fully saturated rings. The SMILES string of the molecule is COC[C@@H]1CN(c2cc(S(C)(=O)=O)ncn2)C[C@@H]1COC. The summed E-state index contributed by atoms with van der Waals surface area (Å²) in [5.41, 5.74) is 0. The Morgan fingerprint density at radius 2 is 1.76 bits per heavy atom. The monoisotopic (exact) mass is 315 g/mol. The van der Waals surface area contributed by atoms with E-state index in [0.717, 1.165) is 19.3 Å². The molecule has 1 aromatic heterocycles. The zero-order valence-corrected chi connectivity index (χ0v) is 13.3.